The minimum absolute atomic E-state index is 0.113. The predicted molar refractivity (Wildman–Crippen MR) is 101 cm³/mol. The van der Waals surface area contributed by atoms with E-state index in [1.54, 1.807) is 12.1 Å². The first kappa shape index (κ1) is 20.4. The summed E-state index contributed by atoms with van der Waals surface area (Å²) in [5, 5.41) is 15.9. The molecule has 9 heteroatoms. The van der Waals surface area contributed by atoms with Crippen molar-refractivity contribution in [2.75, 3.05) is 12.4 Å². The van der Waals surface area contributed by atoms with Gasteiger partial charge in [-0.25, -0.2) is 9.59 Å². The minimum Gasteiger partial charge on any atom is -0.480 e. The number of hydrogen-bond acceptors (Lipinski definition) is 6. The van der Waals surface area contributed by atoms with Crippen molar-refractivity contribution in [3.05, 3.63) is 51.4 Å². The Kier molecular flexibility index (Phi) is 6.57. The maximum absolute atomic E-state index is 12.7. The Bertz CT molecular complexity index is 910. The summed E-state index contributed by atoms with van der Waals surface area (Å²) < 4.78 is 5.69. The maximum atomic E-state index is 12.7. The Hall–Kier alpha value is -2.87. The number of carbonyl (C=O) groups excluding carboxylic acids is 1. The molecule has 0 aliphatic heterocycles. The van der Waals surface area contributed by atoms with Crippen LogP contribution in [0.15, 0.2) is 35.3 Å². The van der Waals surface area contributed by atoms with Gasteiger partial charge in [0.1, 0.15) is 11.1 Å². The Morgan fingerprint density at radius 3 is 2.59 bits per heavy atom. The van der Waals surface area contributed by atoms with Crippen LogP contribution in [-0.4, -0.2) is 40.0 Å². The summed E-state index contributed by atoms with van der Waals surface area (Å²) in [5.74, 6) is -1.56. The molecule has 0 radical (unpaired) electrons. The number of ether oxygens (including phenoxy) is 1. The number of benzene rings is 1. The molecule has 0 bridgehead atoms. The van der Waals surface area contributed by atoms with Gasteiger partial charge in [-0.05, 0) is 24.5 Å². The fourth-order valence-corrected chi connectivity index (χ4v) is 2.71. The Balaban J connectivity index is 2.46. The number of hydrogen-bond donors (Lipinski definition) is 2. The molecule has 0 unspecified atom stereocenters. The number of rotatable bonds is 7. The van der Waals surface area contributed by atoms with Crippen LogP contribution < -0.4 is 10.9 Å². The third kappa shape index (κ3) is 4.65. The molecule has 27 heavy (non-hydrogen) atoms. The number of anilines is 1. The third-order valence-corrected chi connectivity index (χ3v) is 4.16. The second-order valence-electron chi connectivity index (χ2n) is 6.26. The average molecular weight is 394 g/mol. The van der Waals surface area contributed by atoms with Crippen molar-refractivity contribution < 1.29 is 19.4 Å². The number of methoxy groups -OCH3 is 1. The first-order valence-corrected chi connectivity index (χ1v) is 8.59. The van der Waals surface area contributed by atoms with Crippen LogP contribution in [0.4, 0.5) is 5.69 Å². The highest BCUT2D eigenvalue weighted by molar-refractivity contribution is 6.33. The van der Waals surface area contributed by atoms with Gasteiger partial charge in [-0.1, -0.05) is 37.6 Å². The minimum atomic E-state index is -1.06. The molecule has 2 N–H and O–H groups in total. The highest BCUT2D eigenvalue weighted by Gasteiger charge is 2.22. The van der Waals surface area contributed by atoms with Crippen molar-refractivity contribution in [1.82, 2.24) is 9.78 Å². The van der Waals surface area contributed by atoms with Crippen LogP contribution in [0.5, 0.6) is 0 Å². The number of carboxylic acid groups (broad SMARTS) is 1. The van der Waals surface area contributed by atoms with Gasteiger partial charge in [-0.2, -0.15) is 9.78 Å². The molecule has 2 rings (SSSR count). The molecule has 0 aliphatic carbocycles. The molecule has 0 amide bonds. The van der Waals surface area contributed by atoms with Crippen molar-refractivity contribution in [1.29, 1.82) is 0 Å². The molecule has 2 aromatic rings. The quantitative estimate of drug-likeness (QED) is 0.695. The van der Waals surface area contributed by atoms with E-state index in [1.807, 2.05) is 13.8 Å². The summed E-state index contributed by atoms with van der Waals surface area (Å²) >= 11 is 6.15. The smallest absolute Gasteiger partial charge is 0.340 e. The zero-order valence-electron chi connectivity index (χ0n) is 15.1. The lowest BCUT2D eigenvalue weighted by molar-refractivity contribution is -0.138. The molecule has 0 aliphatic rings. The van der Waals surface area contributed by atoms with Gasteiger partial charge in [0.2, 0.25) is 0 Å². The van der Waals surface area contributed by atoms with Crippen LogP contribution in [0.3, 0.4) is 0 Å². The molecule has 0 saturated carbocycles. The summed E-state index contributed by atoms with van der Waals surface area (Å²) in [7, 11) is 1.23. The lowest BCUT2D eigenvalue weighted by Gasteiger charge is -2.18. The van der Waals surface area contributed by atoms with Crippen LogP contribution in [0, 0.1) is 5.92 Å². The van der Waals surface area contributed by atoms with Crippen molar-refractivity contribution >= 4 is 29.2 Å². The number of nitrogens with zero attached hydrogens (tertiary/aromatic N) is 2. The van der Waals surface area contributed by atoms with Crippen LogP contribution in [0.25, 0.3) is 5.69 Å². The normalized spacial score (nSPS) is 11.9. The molecule has 1 aromatic carbocycles. The first-order chi connectivity index (χ1) is 12.8. The van der Waals surface area contributed by atoms with Gasteiger partial charge in [-0.3, -0.25) is 4.79 Å². The fraction of sp³-hybridized carbons (Fsp3) is 0.333. The number of nitrogens with one attached hydrogen (secondary N) is 1. The fourth-order valence-electron chi connectivity index (χ4n) is 2.53. The van der Waals surface area contributed by atoms with E-state index in [9.17, 15) is 19.5 Å². The summed E-state index contributed by atoms with van der Waals surface area (Å²) in [4.78, 5) is 36.0. The SMILES string of the molecule is COC(=O)c1ccccc1-n1ncc(N[C@H](CC(C)C)C(=O)O)c(Cl)c1=O. The topological polar surface area (TPSA) is 111 Å². The number of esters is 1. The Labute approximate surface area is 160 Å². The highest BCUT2D eigenvalue weighted by atomic mass is 35.5. The van der Waals surface area contributed by atoms with Gasteiger partial charge in [-0.15, -0.1) is 0 Å². The summed E-state index contributed by atoms with van der Waals surface area (Å²) in [5.41, 5.74) is -0.220. The van der Waals surface area contributed by atoms with Crippen LogP contribution in [0.1, 0.15) is 30.6 Å². The van der Waals surface area contributed by atoms with Gasteiger partial charge in [0.25, 0.3) is 5.56 Å². The first-order valence-electron chi connectivity index (χ1n) is 8.21. The van der Waals surface area contributed by atoms with E-state index in [2.05, 4.69) is 10.4 Å². The van der Waals surface area contributed by atoms with Crippen LogP contribution >= 0.6 is 11.6 Å². The van der Waals surface area contributed by atoms with Crippen molar-refractivity contribution in [2.24, 2.45) is 5.92 Å². The molecule has 1 atom stereocenters. The van der Waals surface area contributed by atoms with Crippen LogP contribution in [-0.2, 0) is 9.53 Å². The van der Waals surface area contributed by atoms with E-state index in [0.29, 0.717) is 6.42 Å². The standard InChI is InChI=1S/C18H20ClN3O5/c1-10(2)8-12(17(24)25)21-13-9-20-22(16(23)15(13)19)14-7-5-4-6-11(14)18(26)27-3/h4-7,9-10,12,21H,8H2,1-3H3,(H,24,25)/t12-/m1/s1. The summed E-state index contributed by atoms with van der Waals surface area (Å²) in [6.45, 7) is 3.78. The van der Waals surface area contributed by atoms with E-state index in [-0.39, 0.29) is 27.9 Å². The number of aromatic nitrogens is 2. The zero-order chi connectivity index (χ0) is 20.1. The number of para-hydroxylation sites is 1. The van der Waals surface area contributed by atoms with Gasteiger partial charge in [0.05, 0.1) is 30.2 Å². The number of aliphatic carboxylic acids is 1. The summed E-state index contributed by atoms with van der Waals surface area (Å²) in [6, 6.07) is 5.38. The Morgan fingerprint density at radius 2 is 2.00 bits per heavy atom. The predicted octanol–water partition coefficient (Wildman–Crippen LogP) is 2.58. The molecule has 1 heterocycles. The lowest BCUT2D eigenvalue weighted by atomic mass is 10.0. The largest absolute Gasteiger partial charge is 0.480 e. The monoisotopic (exact) mass is 393 g/mol. The molecule has 1 aromatic heterocycles. The molecular weight excluding hydrogens is 374 g/mol. The number of carboxylic acids is 1. The molecule has 0 saturated heterocycles. The maximum Gasteiger partial charge on any atom is 0.340 e. The van der Waals surface area contributed by atoms with E-state index in [0.717, 1.165) is 4.68 Å². The number of carbonyl (C=O) groups is 2. The molecule has 144 valence electrons. The van der Waals surface area contributed by atoms with E-state index >= 15 is 0 Å². The second-order valence-corrected chi connectivity index (χ2v) is 6.64. The van der Waals surface area contributed by atoms with Crippen LogP contribution in [0.2, 0.25) is 5.02 Å². The molecule has 8 nitrogen and oxygen atoms in total. The molecule has 0 fully saturated rings. The summed E-state index contributed by atoms with van der Waals surface area (Å²) in [6.07, 6.45) is 1.61. The lowest BCUT2D eigenvalue weighted by Crippen LogP contribution is -2.32. The average Bonchev–Trinajstić information content (AvgIpc) is 2.64. The Morgan fingerprint density at radius 1 is 1.33 bits per heavy atom. The second kappa shape index (κ2) is 8.68. The molecular formula is C18H20ClN3O5. The zero-order valence-corrected chi connectivity index (χ0v) is 15.9. The van der Waals surface area contributed by atoms with Gasteiger partial charge < -0.3 is 15.2 Å². The van der Waals surface area contributed by atoms with Crippen molar-refractivity contribution in [3.8, 4) is 5.69 Å². The van der Waals surface area contributed by atoms with Gasteiger partial charge in [0, 0.05) is 0 Å². The third-order valence-electron chi connectivity index (χ3n) is 3.79. The van der Waals surface area contributed by atoms with E-state index in [1.165, 1.54) is 25.4 Å². The van der Waals surface area contributed by atoms with Gasteiger partial charge >= 0.3 is 11.9 Å². The van der Waals surface area contributed by atoms with Gasteiger partial charge in [0.15, 0.2) is 0 Å². The van der Waals surface area contributed by atoms with E-state index in [4.69, 9.17) is 16.3 Å². The van der Waals surface area contributed by atoms with E-state index < -0.39 is 23.5 Å². The number of halogens is 1. The van der Waals surface area contributed by atoms with Crippen molar-refractivity contribution in [3.63, 3.8) is 0 Å². The molecule has 0 spiro atoms. The highest BCUT2D eigenvalue weighted by Crippen LogP contribution is 2.21. The van der Waals surface area contributed by atoms with Crippen molar-refractivity contribution in [2.45, 2.75) is 26.3 Å².